The molecular weight excluding hydrogens is 341 g/mol. The minimum Gasteiger partial charge on any atom is -0.479 e. The molecule has 0 aliphatic rings. The van der Waals surface area contributed by atoms with Crippen LogP contribution in [0.15, 0.2) is 18.2 Å². The molecule has 0 saturated carbocycles. The van der Waals surface area contributed by atoms with Gasteiger partial charge in [-0.3, -0.25) is 4.90 Å². The summed E-state index contributed by atoms with van der Waals surface area (Å²) in [5.74, 6) is -1.20. The lowest BCUT2D eigenvalue weighted by atomic mass is 10.1. The summed E-state index contributed by atoms with van der Waals surface area (Å²) >= 11 is 12.1. The average Bonchev–Trinajstić information content (AvgIpc) is 2.39. The molecule has 1 aromatic rings. The number of benzene rings is 1. The zero-order valence-electron chi connectivity index (χ0n) is 13.6. The van der Waals surface area contributed by atoms with Gasteiger partial charge in [0.1, 0.15) is 5.60 Å². The molecule has 7 heteroatoms. The lowest BCUT2D eigenvalue weighted by molar-refractivity contribution is -0.143. The first kappa shape index (κ1) is 19.6. The molecule has 0 aliphatic heterocycles. The van der Waals surface area contributed by atoms with Gasteiger partial charge in [0.15, 0.2) is 6.04 Å². The van der Waals surface area contributed by atoms with Gasteiger partial charge in [0.2, 0.25) is 0 Å². The third-order valence-electron chi connectivity index (χ3n) is 2.89. The molecular formula is C16H21Cl2NO4. The molecule has 1 unspecified atom stereocenters. The lowest BCUT2D eigenvalue weighted by Crippen LogP contribution is -2.42. The first-order valence-corrected chi connectivity index (χ1v) is 7.99. The largest absolute Gasteiger partial charge is 0.479 e. The van der Waals surface area contributed by atoms with Gasteiger partial charge in [-0.25, -0.2) is 9.59 Å². The second-order valence-electron chi connectivity index (χ2n) is 6.08. The Hall–Kier alpha value is -1.46. The van der Waals surface area contributed by atoms with Crippen molar-refractivity contribution < 1.29 is 19.4 Å². The van der Waals surface area contributed by atoms with Gasteiger partial charge < -0.3 is 9.84 Å². The number of carboxylic acids is 1. The Bertz CT molecular complexity index is 584. The summed E-state index contributed by atoms with van der Waals surface area (Å²) < 4.78 is 5.32. The zero-order chi connectivity index (χ0) is 17.8. The monoisotopic (exact) mass is 361 g/mol. The maximum Gasteiger partial charge on any atom is 0.411 e. The van der Waals surface area contributed by atoms with E-state index < -0.39 is 23.7 Å². The Morgan fingerprint density at radius 3 is 2.39 bits per heavy atom. The molecule has 0 saturated heterocycles. The van der Waals surface area contributed by atoms with E-state index in [0.29, 0.717) is 11.4 Å². The quantitative estimate of drug-likeness (QED) is 0.820. The van der Waals surface area contributed by atoms with E-state index in [2.05, 4.69) is 0 Å². The van der Waals surface area contributed by atoms with E-state index >= 15 is 0 Å². The highest BCUT2D eigenvalue weighted by molar-refractivity contribution is 6.33. The van der Waals surface area contributed by atoms with Crippen molar-refractivity contribution in [2.75, 3.05) is 6.54 Å². The van der Waals surface area contributed by atoms with Crippen LogP contribution in [0.3, 0.4) is 0 Å². The van der Waals surface area contributed by atoms with E-state index in [-0.39, 0.29) is 17.1 Å². The summed E-state index contributed by atoms with van der Waals surface area (Å²) in [5.41, 5.74) is -0.476. The van der Waals surface area contributed by atoms with Gasteiger partial charge in [-0.1, -0.05) is 30.1 Å². The number of carboxylic acid groups (broad SMARTS) is 1. The molecule has 1 rings (SSSR count). The molecule has 1 amide bonds. The van der Waals surface area contributed by atoms with E-state index in [1.807, 2.05) is 6.92 Å². The van der Waals surface area contributed by atoms with Gasteiger partial charge in [-0.2, -0.15) is 0 Å². The van der Waals surface area contributed by atoms with Crippen LogP contribution >= 0.6 is 23.2 Å². The molecule has 1 N–H and O–H groups in total. The molecule has 23 heavy (non-hydrogen) atoms. The summed E-state index contributed by atoms with van der Waals surface area (Å²) in [4.78, 5) is 25.4. The van der Waals surface area contributed by atoms with Gasteiger partial charge in [0.25, 0.3) is 0 Å². The fourth-order valence-corrected chi connectivity index (χ4v) is 2.45. The van der Waals surface area contributed by atoms with Crippen molar-refractivity contribution in [1.82, 2.24) is 4.90 Å². The first-order chi connectivity index (χ1) is 10.6. The minimum atomic E-state index is -1.27. The Morgan fingerprint density at radius 2 is 1.91 bits per heavy atom. The normalized spacial score (nSPS) is 12.6. The highest BCUT2D eigenvalue weighted by Gasteiger charge is 2.35. The summed E-state index contributed by atoms with van der Waals surface area (Å²) in [6.07, 6.45) is -0.135. The SMILES string of the molecule is CCCN(C(=O)OC(C)(C)C)C(C(=O)O)c1cc(Cl)ccc1Cl. The first-order valence-electron chi connectivity index (χ1n) is 7.24. The van der Waals surface area contributed by atoms with Crippen LogP contribution in [0.2, 0.25) is 10.0 Å². The second-order valence-corrected chi connectivity index (χ2v) is 6.92. The molecule has 0 spiro atoms. The average molecular weight is 362 g/mol. The van der Waals surface area contributed by atoms with Crippen LogP contribution in [0.1, 0.15) is 45.7 Å². The predicted octanol–water partition coefficient (Wildman–Crippen LogP) is 4.77. The number of aliphatic carboxylic acids is 1. The third kappa shape index (κ3) is 5.59. The molecule has 0 fully saturated rings. The topological polar surface area (TPSA) is 66.8 Å². The van der Waals surface area contributed by atoms with Crippen LogP contribution < -0.4 is 0 Å². The predicted molar refractivity (Wildman–Crippen MR) is 90.1 cm³/mol. The summed E-state index contributed by atoms with van der Waals surface area (Å²) in [6.45, 7) is 7.22. The van der Waals surface area contributed by atoms with Crippen molar-refractivity contribution in [3.8, 4) is 0 Å². The van der Waals surface area contributed by atoms with Crippen LogP contribution in [0.25, 0.3) is 0 Å². The second kappa shape index (κ2) is 7.88. The summed E-state index contributed by atoms with van der Waals surface area (Å²) in [6, 6.07) is 3.25. The standard InChI is InChI=1S/C16H21Cl2NO4/c1-5-8-19(15(22)23-16(2,3)4)13(14(20)21)11-9-10(17)6-7-12(11)18/h6-7,9,13H,5,8H2,1-4H3,(H,20,21). The van der Waals surface area contributed by atoms with E-state index in [0.717, 1.165) is 4.90 Å². The van der Waals surface area contributed by atoms with Crippen LogP contribution in [-0.2, 0) is 9.53 Å². The number of halogens is 2. The van der Waals surface area contributed by atoms with Crippen molar-refractivity contribution in [3.63, 3.8) is 0 Å². The van der Waals surface area contributed by atoms with Gasteiger partial charge in [-0.15, -0.1) is 0 Å². The van der Waals surface area contributed by atoms with E-state index in [9.17, 15) is 14.7 Å². The zero-order valence-corrected chi connectivity index (χ0v) is 15.1. The molecule has 5 nitrogen and oxygen atoms in total. The van der Waals surface area contributed by atoms with Crippen LogP contribution in [0.4, 0.5) is 4.79 Å². The number of ether oxygens (including phenoxy) is 1. The minimum absolute atomic E-state index is 0.217. The van der Waals surface area contributed by atoms with E-state index in [1.165, 1.54) is 12.1 Å². The molecule has 0 aromatic heterocycles. The number of hydrogen-bond donors (Lipinski definition) is 1. The van der Waals surface area contributed by atoms with Gasteiger partial charge in [0.05, 0.1) is 0 Å². The molecule has 0 aliphatic carbocycles. The maximum absolute atomic E-state index is 12.4. The smallest absolute Gasteiger partial charge is 0.411 e. The molecule has 0 bridgehead atoms. The molecule has 128 valence electrons. The number of hydrogen-bond acceptors (Lipinski definition) is 3. The third-order valence-corrected chi connectivity index (χ3v) is 3.47. The Morgan fingerprint density at radius 1 is 1.30 bits per heavy atom. The molecule has 1 aromatic carbocycles. The Kier molecular flexibility index (Phi) is 6.71. The number of nitrogens with zero attached hydrogens (tertiary/aromatic N) is 1. The lowest BCUT2D eigenvalue weighted by Gasteiger charge is -2.31. The fourth-order valence-electron chi connectivity index (χ4n) is 2.05. The fraction of sp³-hybridized carbons (Fsp3) is 0.500. The molecule has 1 atom stereocenters. The van der Waals surface area contributed by atoms with Crippen molar-refractivity contribution in [2.45, 2.75) is 45.8 Å². The van der Waals surface area contributed by atoms with Gasteiger partial charge in [-0.05, 0) is 45.4 Å². The van der Waals surface area contributed by atoms with Crippen molar-refractivity contribution >= 4 is 35.3 Å². The summed E-state index contributed by atoms with van der Waals surface area (Å²) in [5, 5.41) is 10.2. The van der Waals surface area contributed by atoms with Crippen molar-refractivity contribution in [2.24, 2.45) is 0 Å². The number of carbonyl (C=O) groups is 2. The van der Waals surface area contributed by atoms with E-state index in [4.69, 9.17) is 27.9 Å². The van der Waals surface area contributed by atoms with Crippen molar-refractivity contribution in [1.29, 1.82) is 0 Å². The molecule has 0 heterocycles. The van der Waals surface area contributed by atoms with E-state index in [1.54, 1.807) is 26.8 Å². The highest BCUT2D eigenvalue weighted by atomic mass is 35.5. The van der Waals surface area contributed by atoms with Crippen LogP contribution in [0.5, 0.6) is 0 Å². The number of amides is 1. The number of rotatable bonds is 5. The van der Waals surface area contributed by atoms with Crippen LogP contribution in [0, 0.1) is 0 Å². The van der Waals surface area contributed by atoms with Crippen molar-refractivity contribution in [3.05, 3.63) is 33.8 Å². The highest BCUT2D eigenvalue weighted by Crippen LogP contribution is 2.31. The Labute approximate surface area is 146 Å². The summed E-state index contributed by atoms with van der Waals surface area (Å²) in [7, 11) is 0. The molecule has 0 radical (unpaired) electrons. The van der Waals surface area contributed by atoms with Crippen LogP contribution in [-0.4, -0.2) is 34.2 Å². The number of carbonyl (C=O) groups excluding carboxylic acids is 1. The Balaban J connectivity index is 3.29. The maximum atomic E-state index is 12.4. The van der Waals surface area contributed by atoms with Gasteiger partial charge in [0, 0.05) is 22.2 Å². The van der Waals surface area contributed by atoms with Gasteiger partial charge >= 0.3 is 12.1 Å².